The smallest absolute Gasteiger partial charge is 0.312 e. The average Bonchev–Trinajstić information content (AvgIpc) is 2.28. The van der Waals surface area contributed by atoms with Crippen molar-refractivity contribution in [2.24, 2.45) is 5.73 Å². The second kappa shape index (κ2) is 6.15. The van der Waals surface area contributed by atoms with Crippen LogP contribution in [0, 0.1) is 0 Å². The normalized spacial score (nSPS) is 11.6. The van der Waals surface area contributed by atoms with Gasteiger partial charge < -0.3 is 16.4 Å². The Morgan fingerprint density at radius 1 is 1.35 bits per heavy atom. The second-order valence-electron chi connectivity index (χ2n) is 3.42. The van der Waals surface area contributed by atoms with Crippen molar-refractivity contribution in [1.82, 2.24) is 5.32 Å². The summed E-state index contributed by atoms with van der Waals surface area (Å²) in [5, 5.41) is 5.06. The highest BCUT2D eigenvalue weighted by Crippen LogP contribution is 2.24. The molecule has 1 rings (SSSR count). The molecule has 0 aliphatic carbocycles. The number of rotatable bonds is 4. The van der Waals surface area contributed by atoms with E-state index in [1.54, 1.807) is 13.0 Å². The van der Waals surface area contributed by atoms with Gasteiger partial charge in [-0.15, -0.1) is 11.8 Å². The maximum absolute atomic E-state index is 11.7. The van der Waals surface area contributed by atoms with Crippen LogP contribution in [0.2, 0.25) is 0 Å². The summed E-state index contributed by atoms with van der Waals surface area (Å²) < 4.78 is 0. The minimum Gasteiger partial charge on any atom is -0.352 e. The van der Waals surface area contributed by atoms with Gasteiger partial charge in [-0.1, -0.05) is 12.1 Å². The molecule has 0 fully saturated rings. The summed E-state index contributed by atoms with van der Waals surface area (Å²) in [4.78, 5) is 23.3. The molecule has 4 N–H and O–H groups in total. The van der Waals surface area contributed by atoms with Gasteiger partial charge in [0.15, 0.2) is 0 Å². The van der Waals surface area contributed by atoms with E-state index in [0.717, 1.165) is 10.6 Å². The summed E-state index contributed by atoms with van der Waals surface area (Å²) in [5.41, 5.74) is 5.67. The van der Waals surface area contributed by atoms with Crippen LogP contribution in [-0.2, 0) is 4.79 Å². The van der Waals surface area contributed by atoms with E-state index in [1.807, 2.05) is 24.5 Å². The summed E-state index contributed by atoms with van der Waals surface area (Å²) in [6.45, 7) is 1.57. The van der Waals surface area contributed by atoms with Crippen molar-refractivity contribution in [3.05, 3.63) is 24.3 Å². The number of amides is 3. The predicted molar refractivity (Wildman–Crippen MR) is 69.0 cm³/mol. The van der Waals surface area contributed by atoms with Crippen LogP contribution >= 0.6 is 11.8 Å². The lowest BCUT2D eigenvalue weighted by atomic mass is 10.2. The lowest BCUT2D eigenvalue weighted by molar-refractivity contribution is -0.117. The van der Waals surface area contributed by atoms with Gasteiger partial charge in [0.2, 0.25) is 5.91 Å². The Morgan fingerprint density at radius 3 is 2.59 bits per heavy atom. The minimum absolute atomic E-state index is 0.301. The number of primary amides is 1. The molecule has 0 bridgehead atoms. The first-order chi connectivity index (χ1) is 8.04. The zero-order valence-electron chi connectivity index (χ0n) is 9.69. The number of carbonyl (C=O) groups excluding carboxylic acids is 2. The van der Waals surface area contributed by atoms with E-state index in [9.17, 15) is 9.59 Å². The quantitative estimate of drug-likeness (QED) is 0.709. The van der Waals surface area contributed by atoms with Crippen LogP contribution in [0.1, 0.15) is 6.92 Å². The predicted octanol–water partition coefficient (Wildman–Crippen LogP) is 1.40. The maximum atomic E-state index is 11.7. The molecule has 5 nitrogen and oxygen atoms in total. The molecule has 0 saturated carbocycles. The molecule has 0 aromatic heterocycles. The molecule has 3 amide bonds. The maximum Gasteiger partial charge on any atom is 0.312 e. The topological polar surface area (TPSA) is 84.2 Å². The van der Waals surface area contributed by atoms with Crippen molar-refractivity contribution in [2.45, 2.75) is 17.9 Å². The largest absolute Gasteiger partial charge is 0.352 e. The fourth-order valence-corrected chi connectivity index (χ4v) is 1.82. The fourth-order valence-electron chi connectivity index (χ4n) is 1.27. The molecule has 1 unspecified atom stereocenters. The number of carbonyl (C=O) groups is 2. The number of nitrogens with one attached hydrogen (secondary N) is 2. The molecule has 0 heterocycles. The van der Waals surface area contributed by atoms with Crippen molar-refractivity contribution in [1.29, 1.82) is 0 Å². The summed E-state index contributed by atoms with van der Waals surface area (Å²) in [7, 11) is 0. The zero-order valence-corrected chi connectivity index (χ0v) is 10.5. The van der Waals surface area contributed by atoms with Gasteiger partial charge in [-0.3, -0.25) is 4.79 Å². The highest BCUT2D eigenvalue weighted by Gasteiger charge is 2.15. The van der Waals surface area contributed by atoms with Gasteiger partial charge in [0.25, 0.3) is 0 Å². The Balaban J connectivity index is 2.70. The van der Waals surface area contributed by atoms with Crippen LogP contribution in [0.15, 0.2) is 29.2 Å². The first-order valence-electron chi connectivity index (χ1n) is 5.04. The highest BCUT2D eigenvalue weighted by molar-refractivity contribution is 7.98. The van der Waals surface area contributed by atoms with E-state index < -0.39 is 12.1 Å². The van der Waals surface area contributed by atoms with E-state index in [4.69, 9.17) is 5.73 Å². The monoisotopic (exact) mass is 253 g/mol. The molecular formula is C11H15N3O2S. The number of thioether (sulfide) groups is 1. The van der Waals surface area contributed by atoms with Gasteiger partial charge in [0.05, 0.1) is 5.69 Å². The summed E-state index contributed by atoms with van der Waals surface area (Å²) in [6, 6.07) is 6.06. The number of anilines is 1. The van der Waals surface area contributed by atoms with Crippen molar-refractivity contribution in [2.75, 3.05) is 11.6 Å². The molecule has 92 valence electrons. The molecule has 1 atom stereocenters. The summed E-state index contributed by atoms with van der Waals surface area (Å²) >= 11 is 1.54. The Kier molecular flexibility index (Phi) is 4.84. The Hall–Kier alpha value is -1.69. The third kappa shape index (κ3) is 3.99. The first kappa shape index (κ1) is 13.4. The van der Waals surface area contributed by atoms with E-state index in [0.29, 0.717) is 0 Å². The van der Waals surface area contributed by atoms with Crippen LogP contribution < -0.4 is 16.4 Å². The lowest BCUT2D eigenvalue weighted by Gasteiger charge is -2.14. The fraction of sp³-hybridized carbons (Fsp3) is 0.273. The standard InChI is InChI=1S/C11H15N3O2S/c1-7(13-11(12)16)10(15)14-8-5-3-4-6-9(8)17-2/h3-7H,1-2H3,(H,14,15)(H3,12,13,16). The Bertz CT molecular complexity index is 423. The van der Waals surface area contributed by atoms with Crippen LogP contribution in [0.25, 0.3) is 0 Å². The molecule has 0 radical (unpaired) electrons. The third-order valence-electron chi connectivity index (χ3n) is 2.12. The van der Waals surface area contributed by atoms with Gasteiger partial charge in [-0.2, -0.15) is 0 Å². The van der Waals surface area contributed by atoms with E-state index in [-0.39, 0.29) is 5.91 Å². The van der Waals surface area contributed by atoms with Gasteiger partial charge >= 0.3 is 6.03 Å². The van der Waals surface area contributed by atoms with Gasteiger partial charge in [-0.05, 0) is 25.3 Å². The average molecular weight is 253 g/mol. The van der Waals surface area contributed by atoms with Crippen molar-refractivity contribution in [3.8, 4) is 0 Å². The minimum atomic E-state index is -0.717. The van der Waals surface area contributed by atoms with Gasteiger partial charge in [0.1, 0.15) is 6.04 Å². The molecule has 0 saturated heterocycles. The molecular weight excluding hydrogens is 238 g/mol. The number of hydrogen-bond acceptors (Lipinski definition) is 3. The highest BCUT2D eigenvalue weighted by atomic mass is 32.2. The molecule has 1 aromatic carbocycles. The van der Waals surface area contributed by atoms with Gasteiger partial charge in [0, 0.05) is 4.90 Å². The Labute approximate surface area is 104 Å². The SMILES string of the molecule is CSc1ccccc1NC(=O)C(C)NC(N)=O. The van der Waals surface area contributed by atoms with Crippen LogP contribution in [0.3, 0.4) is 0 Å². The summed E-state index contributed by atoms with van der Waals surface area (Å²) in [6.07, 6.45) is 1.93. The van der Waals surface area contributed by atoms with Crippen LogP contribution in [0.4, 0.5) is 10.5 Å². The van der Waals surface area contributed by atoms with Crippen LogP contribution in [0.5, 0.6) is 0 Å². The zero-order chi connectivity index (χ0) is 12.8. The number of para-hydroxylation sites is 1. The molecule has 1 aromatic rings. The number of urea groups is 1. The van der Waals surface area contributed by atoms with E-state index >= 15 is 0 Å². The van der Waals surface area contributed by atoms with E-state index in [2.05, 4.69) is 10.6 Å². The van der Waals surface area contributed by atoms with Crippen molar-refractivity contribution >= 4 is 29.4 Å². The third-order valence-corrected chi connectivity index (χ3v) is 2.91. The van der Waals surface area contributed by atoms with Crippen molar-refractivity contribution < 1.29 is 9.59 Å². The number of benzene rings is 1. The molecule has 0 aliphatic heterocycles. The molecule has 6 heteroatoms. The van der Waals surface area contributed by atoms with Gasteiger partial charge in [-0.25, -0.2) is 4.79 Å². The molecule has 0 aliphatic rings. The Morgan fingerprint density at radius 2 is 2.00 bits per heavy atom. The number of nitrogens with two attached hydrogens (primary N) is 1. The first-order valence-corrected chi connectivity index (χ1v) is 6.27. The van der Waals surface area contributed by atoms with E-state index in [1.165, 1.54) is 11.8 Å². The summed E-state index contributed by atoms with van der Waals surface area (Å²) in [5.74, 6) is -0.301. The van der Waals surface area contributed by atoms with Crippen LogP contribution in [-0.4, -0.2) is 24.2 Å². The molecule has 17 heavy (non-hydrogen) atoms. The molecule has 0 spiro atoms. The van der Waals surface area contributed by atoms with Crippen molar-refractivity contribution in [3.63, 3.8) is 0 Å². The second-order valence-corrected chi connectivity index (χ2v) is 4.27. The number of hydrogen-bond donors (Lipinski definition) is 3. The lowest BCUT2D eigenvalue weighted by Crippen LogP contribution is -2.44.